The fraction of sp³-hybridized carbons (Fsp3) is 0.500. The highest BCUT2D eigenvalue weighted by Crippen LogP contribution is 2.42. The maximum absolute atomic E-state index is 13.1. The molecule has 0 bridgehead atoms. The van der Waals surface area contributed by atoms with Crippen LogP contribution in [0.1, 0.15) is 24.5 Å². The lowest BCUT2D eigenvalue weighted by molar-refractivity contribution is -0.274. The summed E-state index contributed by atoms with van der Waals surface area (Å²) in [5.74, 6) is 0. The second-order valence-corrected chi connectivity index (χ2v) is 4.65. The Hall–Kier alpha value is -0.780. The first-order valence-corrected chi connectivity index (χ1v) is 5.83. The lowest BCUT2D eigenvalue weighted by Crippen LogP contribution is -2.55. The van der Waals surface area contributed by atoms with Crippen molar-refractivity contribution in [3.63, 3.8) is 0 Å². The lowest BCUT2D eigenvalue weighted by atomic mass is 9.84. The molecule has 0 saturated carbocycles. The first-order valence-electron chi connectivity index (χ1n) is 5.45. The van der Waals surface area contributed by atoms with Crippen molar-refractivity contribution in [1.82, 2.24) is 0 Å². The summed E-state index contributed by atoms with van der Waals surface area (Å²) in [5.41, 5.74) is 2.66. The molecule has 2 unspecified atom stereocenters. The van der Waals surface area contributed by atoms with E-state index in [1.165, 1.54) is 19.1 Å². The fourth-order valence-electron chi connectivity index (χ4n) is 1.71. The number of hydrogen-bond acceptors (Lipinski definition) is 2. The van der Waals surface area contributed by atoms with Crippen molar-refractivity contribution in [1.29, 1.82) is 0 Å². The van der Waals surface area contributed by atoms with Crippen molar-refractivity contribution in [2.24, 2.45) is 5.73 Å². The highest BCUT2D eigenvalue weighted by Gasteiger charge is 2.58. The van der Waals surface area contributed by atoms with Crippen LogP contribution in [0, 0.1) is 6.92 Å². The van der Waals surface area contributed by atoms with Gasteiger partial charge in [-0.3, -0.25) is 0 Å². The Morgan fingerprint density at radius 2 is 1.94 bits per heavy atom. The van der Waals surface area contributed by atoms with Gasteiger partial charge in [0.05, 0.1) is 0 Å². The van der Waals surface area contributed by atoms with Crippen molar-refractivity contribution in [3.05, 3.63) is 34.3 Å². The monoisotopic (exact) mass is 281 g/mol. The average molecular weight is 282 g/mol. The number of halogens is 4. The van der Waals surface area contributed by atoms with Gasteiger partial charge in [-0.15, -0.1) is 0 Å². The van der Waals surface area contributed by atoms with E-state index in [4.69, 9.17) is 17.3 Å². The predicted molar refractivity (Wildman–Crippen MR) is 64.4 cm³/mol. The van der Waals surface area contributed by atoms with Crippen LogP contribution in [0.2, 0.25) is 5.02 Å². The molecule has 2 nitrogen and oxygen atoms in total. The van der Waals surface area contributed by atoms with Crippen LogP contribution in [0.25, 0.3) is 0 Å². The van der Waals surface area contributed by atoms with Gasteiger partial charge in [0.1, 0.15) is 0 Å². The first-order chi connectivity index (χ1) is 8.14. The van der Waals surface area contributed by atoms with Crippen LogP contribution >= 0.6 is 11.6 Å². The molecule has 18 heavy (non-hydrogen) atoms. The van der Waals surface area contributed by atoms with Crippen LogP contribution < -0.4 is 5.73 Å². The van der Waals surface area contributed by atoms with E-state index in [0.29, 0.717) is 5.56 Å². The van der Waals surface area contributed by atoms with Gasteiger partial charge in [-0.25, -0.2) is 0 Å². The van der Waals surface area contributed by atoms with Gasteiger partial charge in [-0.2, -0.15) is 13.2 Å². The Morgan fingerprint density at radius 3 is 2.33 bits per heavy atom. The van der Waals surface area contributed by atoms with Crippen LogP contribution in [0.5, 0.6) is 0 Å². The van der Waals surface area contributed by atoms with E-state index in [1.807, 2.05) is 0 Å². The number of alkyl halides is 3. The fourth-order valence-corrected chi connectivity index (χ4v) is 1.89. The molecular weight excluding hydrogens is 267 g/mol. The molecule has 0 heterocycles. The summed E-state index contributed by atoms with van der Waals surface area (Å²) in [6, 6.07) is 2.29. The molecule has 0 amide bonds. The highest BCUT2D eigenvalue weighted by atomic mass is 35.5. The van der Waals surface area contributed by atoms with Crippen LogP contribution in [0.3, 0.4) is 0 Å². The third kappa shape index (κ3) is 2.48. The third-order valence-corrected chi connectivity index (χ3v) is 3.43. The van der Waals surface area contributed by atoms with Gasteiger partial charge in [0.15, 0.2) is 0 Å². The van der Waals surface area contributed by atoms with Gasteiger partial charge in [0.2, 0.25) is 5.60 Å². The summed E-state index contributed by atoms with van der Waals surface area (Å²) in [6.07, 6.45) is -4.87. The van der Waals surface area contributed by atoms with Gasteiger partial charge >= 0.3 is 6.18 Å². The average Bonchev–Trinajstić information content (AvgIpc) is 2.29. The number of hydrogen-bond donors (Lipinski definition) is 2. The van der Waals surface area contributed by atoms with Gasteiger partial charge in [0.25, 0.3) is 0 Å². The van der Waals surface area contributed by atoms with E-state index in [0.717, 1.165) is 6.07 Å². The van der Waals surface area contributed by atoms with Gasteiger partial charge in [-0.05, 0) is 30.5 Å². The van der Waals surface area contributed by atoms with E-state index < -0.39 is 17.8 Å². The second-order valence-electron chi connectivity index (χ2n) is 4.24. The van der Waals surface area contributed by atoms with Crippen molar-refractivity contribution in [2.75, 3.05) is 0 Å². The number of aliphatic hydroxyl groups is 1. The van der Waals surface area contributed by atoms with Crippen molar-refractivity contribution < 1.29 is 18.3 Å². The second kappa shape index (κ2) is 5.07. The van der Waals surface area contributed by atoms with E-state index in [-0.39, 0.29) is 17.0 Å². The zero-order valence-corrected chi connectivity index (χ0v) is 10.8. The molecule has 0 aliphatic heterocycles. The molecule has 0 aliphatic rings. The summed E-state index contributed by atoms with van der Waals surface area (Å²) >= 11 is 5.80. The molecule has 0 aliphatic carbocycles. The summed E-state index contributed by atoms with van der Waals surface area (Å²) < 4.78 is 39.3. The molecule has 3 N–H and O–H groups in total. The molecule has 0 aromatic heterocycles. The first kappa shape index (κ1) is 15.3. The minimum absolute atomic E-state index is 0.0124. The van der Waals surface area contributed by atoms with Gasteiger partial charge < -0.3 is 10.8 Å². The summed E-state index contributed by atoms with van der Waals surface area (Å²) in [6.45, 7) is 3.15. The molecule has 0 fully saturated rings. The minimum atomic E-state index is -4.86. The van der Waals surface area contributed by atoms with Crippen molar-refractivity contribution in [3.8, 4) is 0 Å². The highest BCUT2D eigenvalue weighted by molar-refractivity contribution is 6.31. The standard InChI is InChI=1S/C12H15ClF3NO/c1-3-10(17)11(18,12(14,15)16)8-5-4-7(2)9(13)6-8/h4-6,10,18H,3,17H2,1-2H3. The number of nitrogens with two attached hydrogens (primary N) is 1. The molecule has 6 heteroatoms. The lowest BCUT2D eigenvalue weighted by Gasteiger charge is -2.35. The quantitative estimate of drug-likeness (QED) is 0.894. The zero-order chi connectivity index (χ0) is 14.1. The van der Waals surface area contributed by atoms with Crippen LogP contribution in [-0.4, -0.2) is 17.3 Å². The molecule has 1 aromatic carbocycles. The molecular formula is C12H15ClF3NO. The molecule has 0 spiro atoms. The molecule has 2 atom stereocenters. The molecule has 0 saturated heterocycles. The van der Waals surface area contributed by atoms with Gasteiger partial charge in [0, 0.05) is 11.1 Å². The summed E-state index contributed by atoms with van der Waals surface area (Å²) in [7, 11) is 0. The Labute approximate surface area is 109 Å². The normalized spacial score (nSPS) is 17.3. The molecule has 1 rings (SSSR count). The largest absolute Gasteiger partial charge is 0.422 e. The molecule has 0 radical (unpaired) electrons. The summed E-state index contributed by atoms with van der Waals surface area (Å²) in [5, 5.41) is 10.2. The van der Waals surface area contributed by atoms with Crippen molar-refractivity contribution in [2.45, 2.75) is 38.1 Å². The number of benzene rings is 1. The van der Waals surface area contributed by atoms with Gasteiger partial charge in [-0.1, -0.05) is 30.7 Å². The Balaban J connectivity index is 3.40. The summed E-state index contributed by atoms with van der Waals surface area (Å²) in [4.78, 5) is 0. The Kier molecular flexibility index (Phi) is 4.30. The SMILES string of the molecule is CCC(N)C(O)(c1ccc(C)c(Cl)c1)C(F)(F)F. The van der Waals surface area contributed by atoms with Crippen molar-refractivity contribution >= 4 is 11.6 Å². The minimum Gasteiger partial charge on any atom is -0.375 e. The van der Waals surface area contributed by atoms with E-state index in [1.54, 1.807) is 6.92 Å². The smallest absolute Gasteiger partial charge is 0.375 e. The van der Waals surface area contributed by atoms with E-state index in [9.17, 15) is 18.3 Å². The topological polar surface area (TPSA) is 46.2 Å². The van der Waals surface area contributed by atoms with Crippen LogP contribution in [0.4, 0.5) is 13.2 Å². The predicted octanol–water partition coefficient (Wildman–Crippen LogP) is 3.14. The Morgan fingerprint density at radius 1 is 1.39 bits per heavy atom. The van der Waals surface area contributed by atoms with E-state index >= 15 is 0 Å². The molecule has 1 aromatic rings. The maximum atomic E-state index is 13.1. The van der Waals surface area contributed by atoms with E-state index in [2.05, 4.69) is 0 Å². The van der Waals surface area contributed by atoms with Crippen LogP contribution in [0.15, 0.2) is 18.2 Å². The molecule has 102 valence electrons. The number of rotatable bonds is 3. The Bertz CT molecular complexity index is 436. The zero-order valence-electron chi connectivity index (χ0n) is 10.1. The number of aryl methyl sites for hydroxylation is 1. The third-order valence-electron chi connectivity index (χ3n) is 3.02. The van der Waals surface area contributed by atoms with Crippen LogP contribution in [-0.2, 0) is 5.60 Å². The maximum Gasteiger partial charge on any atom is 0.422 e.